The Bertz CT molecular complexity index is 945. The van der Waals surface area contributed by atoms with Crippen LogP contribution >= 0.6 is 0 Å². The maximum Gasteiger partial charge on any atom is 0.331 e. The van der Waals surface area contributed by atoms with Crippen molar-refractivity contribution >= 4 is 16.6 Å². The third-order valence-corrected chi connectivity index (χ3v) is 4.68. The van der Waals surface area contributed by atoms with Crippen LogP contribution in [0.3, 0.4) is 0 Å². The Labute approximate surface area is 154 Å². The van der Waals surface area contributed by atoms with Crippen molar-refractivity contribution in [3.63, 3.8) is 0 Å². The van der Waals surface area contributed by atoms with Crippen LogP contribution in [0.15, 0.2) is 27.8 Å². The fraction of sp³-hybridized carbons (Fsp3) is 0.529. The lowest BCUT2D eigenvalue weighted by molar-refractivity contribution is -0.384. The number of morpholine rings is 1. The molecular weight excluding hydrogens is 356 g/mol. The average Bonchev–Trinajstić information content (AvgIpc) is 2.68. The predicted octanol–water partition coefficient (Wildman–Crippen LogP) is 0.0500. The van der Waals surface area contributed by atoms with Crippen LogP contribution in [0.5, 0.6) is 0 Å². The second kappa shape index (κ2) is 8.42. The first-order valence-corrected chi connectivity index (χ1v) is 8.73. The number of hydrogen-bond donors (Lipinski definition) is 0. The Kier molecular flexibility index (Phi) is 5.99. The molecule has 0 spiro atoms. The maximum absolute atomic E-state index is 12.9. The Morgan fingerprint density at radius 1 is 1.15 bits per heavy atom. The smallest absolute Gasteiger partial charge is 0.331 e. The summed E-state index contributed by atoms with van der Waals surface area (Å²) in [5.41, 5.74) is -0.765. The first-order chi connectivity index (χ1) is 13.0. The summed E-state index contributed by atoms with van der Waals surface area (Å²) in [5.74, 6) is 0. The minimum absolute atomic E-state index is 0.0877. The second-order valence-corrected chi connectivity index (χ2v) is 6.30. The van der Waals surface area contributed by atoms with E-state index in [4.69, 9.17) is 9.47 Å². The van der Waals surface area contributed by atoms with E-state index in [2.05, 4.69) is 4.90 Å². The molecule has 0 N–H and O–H groups in total. The highest BCUT2D eigenvalue weighted by molar-refractivity contribution is 5.80. The van der Waals surface area contributed by atoms with E-state index in [1.54, 1.807) is 0 Å². The van der Waals surface area contributed by atoms with Crippen LogP contribution in [-0.2, 0) is 22.6 Å². The zero-order chi connectivity index (χ0) is 19.4. The summed E-state index contributed by atoms with van der Waals surface area (Å²) in [6, 6.07) is 4.01. The number of aromatic nitrogens is 2. The monoisotopic (exact) mass is 378 g/mol. The summed E-state index contributed by atoms with van der Waals surface area (Å²) >= 11 is 0. The lowest BCUT2D eigenvalue weighted by atomic mass is 10.2. The maximum atomic E-state index is 12.9. The zero-order valence-corrected chi connectivity index (χ0v) is 15.1. The van der Waals surface area contributed by atoms with Crippen LogP contribution in [-0.4, -0.2) is 65.5 Å². The van der Waals surface area contributed by atoms with E-state index in [0.717, 1.165) is 17.7 Å². The van der Waals surface area contributed by atoms with Gasteiger partial charge in [0.15, 0.2) is 0 Å². The molecule has 1 aromatic heterocycles. The molecule has 0 radical (unpaired) electrons. The molecule has 3 rings (SSSR count). The Morgan fingerprint density at radius 3 is 2.56 bits per heavy atom. The van der Waals surface area contributed by atoms with Crippen molar-refractivity contribution in [3.05, 3.63) is 49.2 Å². The quantitative estimate of drug-likeness (QED) is 0.495. The minimum atomic E-state index is -0.554. The van der Waals surface area contributed by atoms with Gasteiger partial charge in [0.05, 0.1) is 42.2 Å². The first-order valence-electron chi connectivity index (χ1n) is 8.73. The number of non-ortho nitro benzene ring substituents is 1. The number of nitro benzene ring substituents is 1. The van der Waals surface area contributed by atoms with Gasteiger partial charge in [-0.1, -0.05) is 0 Å². The van der Waals surface area contributed by atoms with E-state index in [1.165, 1.54) is 29.9 Å². The van der Waals surface area contributed by atoms with E-state index in [1.807, 2.05) is 0 Å². The molecule has 0 atom stereocenters. The van der Waals surface area contributed by atoms with Crippen molar-refractivity contribution in [2.24, 2.45) is 0 Å². The highest BCUT2D eigenvalue weighted by Gasteiger charge is 2.18. The second-order valence-electron chi connectivity index (χ2n) is 6.30. The molecular formula is C17H22N4O6. The molecule has 0 saturated carbocycles. The molecule has 2 aromatic rings. The number of methoxy groups -OCH3 is 1. The van der Waals surface area contributed by atoms with Crippen LogP contribution in [0.2, 0.25) is 0 Å². The van der Waals surface area contributed by atoms with Crippen LogP contribution in [0.4, 0.5) is 5.69 Å². The molecule has 1 fully saturated rings. The molecule has 0 unspecified atom stereocenters. The van der Waals surface area contributed by atoms with Crippen LogP contribution in [0.1, 0.15) is 0 Å². The van der Waals surface area contributed by atoms with Gasteiger partial charge in [-0.2, -0.15) is 0 Å². The number of ether oxygens (including phenoxy) is 2. The lowest BCUT2D eigenvalue weighted by Gasteiger charge is -2.27. The van der Waals surface area contributed by atoms with E-state index in [0.29, 0.717) is 31.8 Å². The van der Waals surface area contributed by atoms with Gasteiger partial charge in [-0.15, -0.1) is 0 Å². The first kappa shape index (κ1) is 19.2. The largest absolute Gasteiger partial charge is 0.383 e. The van der Waals surface area contributed by atoms with E-state index < -0.39 is 16.2 Å². The summed E-state index contributed by atoms with van der Waals surface area (Å²) in [6.45, 7) is 4.13. The van der Waals surface area contributed by atoms with Gasteiger partial charge < -0.3 is 9.47 Å². The molecule has 1 aliphatic rings. The van der Waals surface area contributed by atoms with Crippen LogP contribution < -0.4 is 11.2 Å². The molecule has 10 nitrogen and oxygen atoms in total. The molecule has 0 aliphatic carbocycles. The molecule has 27 heavy (non-hydrogen) atoms. The summed E-state index contributed by atoms with van der Waals surface area (Å²) in [4.78, 5) is 38.3. The lowest BCUT2D eigenvalue weighted by Crippen LogP contribution is -2.44. The number of nitrogens with zero attached hydrogens (tertiary/aromatic N) is 4. The number of fused-ring (bicyclic) bond motifs is 1. The molecule has 146 valence electrons. The topological polar surface area (TPSA) is 109 Å². The van der Waals surface area contributed by atoms with Crippen molar-refractivity contribution in [1.29, 1.82) is 0 Å². The third-order valence-electron chi connectivity index (χ3n) is 4.68. The van der Waals surface area contributed by atoms with Gasteiger partial charge in [-0.25, -0.2) is 4.79 Å². The average molecular weight is 378 g/mol. The van der Waals surface area contributed by atoms with Crippen LogP contribution in [0.25, 0.3) is 10.9 Å². The normalized spacial score (nSPS) is 15.3. The third kappa shape index (κ3) is 4.07. The van der Waals surface area contributed by atoms with Gasteiger partial charge in [-0.3, -0.25) is 28.9 Å². The zero-order valence-electron chi connectivity index (χ0n) is 15.1. The number of rotatable bonds is 7. The van der Waals surface area contributed by atoms with Crippen molar-refractivity contribution in [2.75, 3.05) is 46.6 Å². The van der Waals surface area contributed by atoms with E-state index in [-0.39, 0.29) is 24.2 Å². The van der Waals surface area contributed by atoms with Gasteiger partial charge in [-0.05, 0) is 6.07 Å². The Balaban J connectivity index is 2.07. The fourth-order valence-corrected chi connectivity index (χ4v) is 3.19. The number of hydrogen-bond acceptors (Lipinski definition) is 7. The molecule has 1 saturated heterocycles. The van der Waals surface area contributed by atoms with E-state index in [9.17, 15) is 19.7 Å². The van der Waals surface area contributed by atoms with Gasteiger partial charge in [0.1, 0.15) is 0 Å². The van der Waals surface area contributed by atoms with E-state index >= 15 is 0 Å². The van der Waals surface area contributed by atoms with Crippen molar-refractivity contribution in [1.82, 2.24) is 14.0 Å². The van der Waals surface area contributed by atoms with Gasteiger partial charge >= 0.3 is 5.69 Å². The summed E-state index contributed by atoms with van der Waals surface area (Å²) in [6.07, 6.45) is 0. The van der Waals surface area contributed by atoms with Crippen molar-refractivity contribution in [2.45, 2.75) is 13.1 Å². The standard InChI is InChI=1S/C17H22N4O6/c1-26-9-8-20-16(22)14-12-13(21(24)25)2-3-15(14)19(17(20)23)5-4-18-6-10-27-11-7-18/h2-3,12H,4-11H2,1H3. The SMILES string of the molecule is COCCn1c(=O)c2cc([N+](=O)[O-])ccc2n(CCN2CCOCC2)c1=O. The Hall–Kier alpha value is -2.56. The van der Waals surface area contributed by atoms with Gasteiger partial charge in [0.25, 0.3) is 11.2 Å². The van der Waals surface area contributed by atoms with Crippen LogP contribution in [0, 0.1) is 10.1 Å². The van der Waals surface area contributed by atoms with Crippen molar-refractivity contribution < 1.29 is 14.4 Å². The van der Waals surface area contributed by atoms with Gasteiger partial charge in [0, 0.05) is 45.4 Å². The number of benzene rings is 1. The molecule has 0 bridgehead atoms. The fourth-order valence-electron chi connectivity index (χ4n) is 3.19. The highest BCUT2D eigenvalue weighted by Crippen LogP contribution is 2.17. The minimum Gasteiger partial charge on any atom is -0.383 e. The summed E-state index contributed by atoms with van der Waals surface area (Å²) < 4.78 is 12.9. The molecule has 1 aromatic carbocycles. The highest BCUT2D eigenvalue weighted by atomic mass is 16.6. The molecule has 0 amide bonds. The molecule has 10 heteroatoms. The predicted molar refractivity (Wildman–Crippen MR) is 98.3 cm³/mol. The summed E-state index contributed by atoms with van der Waals surface area (Å²) in [5, 5.41) is 11.2. The number of nitro groups is 1. The summed E-state index contributed by atoms with van der Waals surface area (Å²) in [7, 11) is 1.48. The van der Waals surface area contributed by atoms with Crippen molar-refractivity contribution in [3.8, 4) is 0 Å². The molecule has 2 heterocycles. The van der Waals surface area contributed by atoms with Gasteiger partial charge in [0.2, 0.25) is 0 Å². The Morgan fingerprint density at radius 2 is 1.89 bits per heavy atom. The molecule has 1 aliphatic heterocycles.